The topological polar surface area (TPSA) is 61.2 Å². The highest BCUT2D eigenvalue weighted by molar-refractivity contribution is 7.14. The van der Waals surface area contributed by atoms with Crippen LogP contribution in [0.15, 0.2) is 23.0 Å². The maximum atomic E-state index is 12.2. The molecule has 106 valence electrons. The van der Waals surface area contributed by atoms with Crippen LogP contribution in [0.25, 0.3) is 0 Å². The summed E-state index contributed by atoms with van der Waals surface area (Å²) < 4.78 is 6.32. The van der Waals surface area contributed by atoms with Crippen molar-refractivity contribution in [2.45, 2.75) is 26.8 Å². The fraction of sp³-hybridized carbons (Fsp3) is 0.357. The molecule has 5 nitrogen and oxygen atoms in total. The summed E-state index contributed by atoms with van der Waals surface area (Å²) in [5.41, 5.74) is 0.287. The van der Waals surface area contributed by atoms with Crippen LogP contribution in [0.3, 0.4) is 0 Å². The summed E-state index contributed by atoms with van der Waals surface area (Å²) in [4.78, 5) is 30.1. The van der Waals surface area contributed by atoms with Crippen LogP contribution >= 0.6 is 11.3 Å². The van der Waals surface area contributed by atoms with Gasteiger partial charge in [-0.15, -0.1) is 11.3 Å². The normalized spacial score (nSPS) is 10.6. The van der Waals surface area contributed by atoms with Gasteiger partial charge in [-0.25, -0.2) is 4.98 Å². The largest absolute Gasteiger partial charge is 0.468 e. The first-order valence-electron chi connectivity index (χ1n) is 6.29. The van der Waals surface area contributed by atoms with E-state index >= 15 is 0 Å². The summed E-state index contributed by atoms with van der Waals surface area (Å²) in [6, 6.07) is 5.29. The summed E-state index contributed by atoms with van der Waals surface area (Å²) >= 11 is 1.46. The van der Waals surface area contributed by atoms with E-state index in [1.165, 1.54) is 29.1 Å². The van der Waals surface area contributed by atoms with E-state index in [4.69, 9.17) is 4.74 Å². The molecule has 0 bridgehead atoms. The standard InChI is InChI=1S/C14H16N2O3S/c1-4-10-5-6-12(20-10)11(17)8-16-13(18)7-9(2)15-14(16)19-3/h5-7H,4,8H2,1-3H3. The lowest BCUT2D eigenvalue weighted by Crippen LogP contribution is -2.26. The molecule has 2 aromatic heterocycles. The van der Waals surface area contributed by atoms with E-state index in [0.29, 0.717) is 10.6 Å². The van der Waals surface area contributed by atoms with Crippen molar-refractivity contribution in [2.24, 2.45) is 0 Å². The smallest absolute Gasteiger partial charge is 0.299 e. The lowest BCUT2D eigenvalue weighted by molar-refractivity contribution is 0.0970. The van der Waals surface area contributed by atoms with E-state index in [0.717, 1.165) is 11.3 Å². The highest BCUT2D eigenvalue weighted by Gasteiger charge is 2.14. The zero-order chi connectivity index (χ0) is 14.7. The third-order valence-corrected chi connectivity index (χ3v) is 4.14. The molecule has 0 N–H and O–H groups in total. The maximum Gasteiger partial charge on any atom is 0.299 e. The van der Waals surface area contributed by atoms with Gasteiger partial charge in [-0.2, -0.15) is 0 Å². The summed E-state index contributed by atoms with van der Waals surface area (Å²) in [6.07, 6.45) is 0.896. The second-order valence-corrected chi connectivity index (χ2v) is 5.52. The first-order chi connectivity index (χ1) is 9.55. The number of hydrogen-bond acceptors (Lipinski definition) is 5. The SMILES string of the molecule is CCc1ccc(C(=O)Cn2c(OC)nc(C)cc2=O)s1. The number of aromatic nitrogens is 2. The Morgan fingerprint density at radius 1 is 1.45 bits per heavy atom. The maximum absolute atomic E-state index is 12.2. The third-order valence-electron chi connectivity index (χ3n) is 2.87. The van der Waals surface area contributed by atoms with Gasteiger partial charge in [0.15, 0.2) is 5.78 Å². The molecule has 0 radical (unpaired) electrons. The summed E-state index contributed by atoms with van der Waals surface area (Å²) in [7, 11) is 1.43. The van der Waals surface area contributed by atoms with Crippen molar-refractivity contribution in [1.82, 2.24) is 9.55 Å². The second-order valence-electron chi connectivity index (χ2n) is 4.35. The zero-order valence-corrected chi connectivity index (χ0v) is 12.5. The molecule has 0 aliphatic rings. The lowest BCUT2D eigenvalue weighted by Gasteiger charge is -2.09. The first-order valence-corrected chi connectivity index (χ1v) is 7.11. The molecule has 0 atom stereocenters. The Bertz CT molecular complexity index is 688. The van der Waals surface area contributed by atoms with Crippen molar-refractivity contribution < 1.29 is 9.53 Å². The van der Waals surface area contributed by atoms with Crippen LogP contribution in [-0.2, 0) is 13.0 Å². The van der Waals surface area contributed by atoms with Gasteiger partial charge in [0.1, 0.15) is 0 Å². The van der Waals surface area contributed by atoms with E-state index in [1.54, 1.807) is 13.0 Å². The van der Waals surface area contributed by atoms with Gasteiger partial charge in [0.25, 0.3) is 11.6 Å². The van der Waals surface area contributed by atoms with Crippen molar-refractivity contribution in [3.05, 3.63) is 44.0 Å². The van der Waals surface area contributed by atoms with Crippen LogP contribution in [0.2, 0.25) is 0 Å². The Morgan fingerprint density at radius 2 is 2.20 bits per heavy atom. The highest BCUT2D eigenvalue weighted by Crippen LogP contribution is 2.18. The van der Waals surface area contributed by atoms with Crippen molar-refractivity contribution in [1.29, 1.82) is 0 Å². The quantitative estimate of drug-likeness (QED) is 0.791. The van der Waals surface area contributed by atoms with Crippen molar-refractivity contribution in [2.75, 3.05) is 7.11 Å². The van der Waals surface area contributed by atoms with Gasteiger partial charge >= 0.3 is 0 Å². The molecule has 0 amide bonds. The monoisotopic (exact) mass is 292 g/mol. The van der Waals surface area contributed by atoms with Crippen molar-refractivity contribution in [3.8, 4) is 6.01 Å². The van der Waals surface area contributed by atoms with Crippen LogP contribution < -0.4 is 10.3 Å². The minimum Gasteiger partial charge on any atom is -0.468 e. The highest BCUT2D eigenvalue weighted by atomic mass is 32.1. The number of carbonyl (C=O) groups excluding carboxylic acids is 1. The van der Waals surface area contributed by atoms with Crippen LogP contribution in [0, 0.1) is 6.92 Å². The van der Waals surface area contributed by atoms with E-state index in [1.807, 2.05) is 13.0 Å². The number of carbonyl (C=O) groups is 1. The molecule has 0 saturated heterocycles. The van der Waals surface area contributed by atoms with E-state index in [-0.39, 0.29) is 23.9 Å². The molecule has 0 saturated carbocycles. The lowest BCUT2D eigenvalue weighted by atomic mass is 10.3. The molecule has 0 spiro atoms. The number of nitrogens with zero attached hydrogens (tertiary/aromatic N) is 2. The summed E-state index contributed by atoms with van der Waals surface area (Å²) in [5.74, 6) is -0.110. The molecule has 0 fully saturated rings. The third kappa shape index (κ3) is 2.96. The molecule has 20 heavy (non-hydrogen) atoms. The van der Waals surface area contributed by atoms with E-state index < -0.39 is 0 Å². The molecular weight excluding hydrogens is 276 g/mol. The number of hydrogen-bond donors (Lipinski definition) is 0. The van der Waals surface area contributed by atoms with Crippen LogP contribution in [0.5, 0.6) is 6.01 Å². The molecule has 6 heteroatoms. The molecule has 2 rings (SSSR count). The number of ketones is 1. The molecule has 2 aromatic rings. The molecule has 0 aliphatic heterocycles. The Morgan fingerprint density at radius 3 is 2.80 bits per heavy atom. The van der Waals surface area contributed by atoms with Crippen LogP contribution in [-0.4, -0.2) is 22.4 Å². The molecule has 0 aromatic carbocycles. The van der Waals surface area contributed by atoms with Crippen molar-refractivity contribution >= 4 is 17.1 Å². The average molecular weight is 292 g/mol. The summed E-state index contributed by atoms with van der Waals surface area (Å²) in [5, 5.41) is 0. The fourth-order valence-corrected chi connectivity index (χ4v) is 2.71. The van der Waals surface area contributed by atoms with Gasteiger partial charge in [-0.05, 0) is 25.5 Å². The van der Waals surface area contributed by atoms with Gasteiger partial charge in [-0.1, -0.05) is 6.92 Å². The number of rotatable bonds is 5. The number of ether oxygens (including phenoxy) is 1. The van der Waals surface area contributed by atoms with Gasteiger partial charge in [0.05, 0.1) is 18.5 Å². The number of methoxy groups -OCH3 is 1. The molecule has 0 aliphatic carbocycles. The predicted molar refractivity (Wildman–Crippen MR) is 77.8 cm³/mol. The Balaban J connectivity index is 2.30. The number of thiophene rings is 1. The average Bonchev–Trinajstić information content (AvgIpc) is 2.90. The van der Waals surface area contributed by atoms with E-state index in [9.17, 15) is 9.59 Å². The number of Topliss-reactive ketones (excluding diaryl/α,β-unsaturated/α-hetero) is 1. The van der Waals surface area contributed by atoms with Gasteiger partial charge < -0.3 is 4.74 Å². The number of aryl methyl sites for hydroxylation is 2. The van der Waals surface area contributed by atoms with Crippen LogP contribution in [0.4, 0.5) is 0 Å². The van der Waals surface area contributed by atoms with Gasteiger partial charge in [0, 0.05) is 16.6 Å². The first kappa shape index (κ1) is 14.5. The predicted octanol–water partition coefficient (Wildman–Crippen LogP) is 2.07. The minimum absolute atomic E-state index is 0.0566. The molecule has 2 heterocycles. The van der Waals surface area contributed by atoms with E-state index in [2.05, 4.69) is 4.98 Å². The fourth-order valence-electron chi connectivity index (χ4n) is 1.84. The Labute approximate surface area is 120 Å². The molecular formula is C14H16N2O3S. The van der Waals surface area contributed by atoms with Crippen molar-refractivity contribution in [3.63, 3.8) is 0 Å². The Hall–Kier alpha value is -1.95. The van der Waals surface area contributed by atoms with Gasteiger partial charge in [-0.3, -0.25) is 14.2 Å². The van der Waals surface area contributed by atoms with Crippen LogP contribution in [0.1, 0.15) is 27.2 Å². The molecule has 0 unspecified atom stereocenters. The van der Waals surface area contributed by atoms with Gasteiger partial charge in [0.2, 0.25) is 0 Å². The summed E-state index contributed by atoms with van der Waals surface area (Å²) in [6.45, 7) is 3.69. The second kappa shape index (κ2) is 6.00. The zero-order valence-electron chi connectivity index (χ0n) is 11.7. The Kier molecular flexibility index (Phi) is 4.34. The minimum atomic E-state index is -0.282.